The molecule has 1 amide bonds. The first kappa shape index (κ1) is 16.2. The fourth-order valence-corrected chi connectivity index (χ4v) is 1.96. The van der Waals surface area contributed by atoms with E-state index in [0.717, 1.165) is 10.0 Å². The van der Waals surface area contributed by atoms with E-state index in [1.54, 1.807) is 0 Å². The highest BCUT2D eigenvalue weighted by molar-refractivity contribution is 9.10. The van der Waals surface area contributed by atoms with E-state index < -0.39 is 0 Å². The number of halogens is 1. The van der Waals surface area contributed by atoms with E-state index in [-0.39, 0.29) is 17.5 Å². The molecule has 1 aromatic rings. The van der Waals surface area contributed by atoms with Crippen molar-refractivity contribution in [2.75, 3.05) is 6.54 Å². The molecule has 1 rings (SSSR count). The van der Waals surface area contributed by atoms with Crippen LogP contribution in [0.2, 0.25) is 0 Å². The third kappa shape index (κ3) is 6.73. The van der Waals surface area contributed by atoms with Gasteiger partial charge in [-0.15, -0.1) is 0 Å². The first-order valence-corrected chi connectivity index (χ1v) is 7.37. The maximum absolute atomic E-state index is 11.8. The largest absolute Gasteiger partial charge is 0.350 e. The highest BCUT2D eigenvalue weighted by atomic mass is 79.9. The molecule has 0 aliphatic carbocycles. The molecular formula is C15H23BrN2O. The molecular weight excluding hydrogens is 304 g/mol. The Morgan fingerprint density at radius 3 is 2.37 bits per heavy atom. The van der Waals surface area contributed by atoms with Gasteiger partial charge in [0.15, 0.2) is 0 Å². The van der Waals surface area contributed by atoms with Gasteiger partial charge in [0.2, 0.25) is 5.91 Å². The van der Waals surface area contributed by atoms with Crippen molar-refractivity contribution in [1.82, 2.24) is 10.6 Å². The molecule has 4 heteroatoms. The van der Waals surface area contributed by atoms with Gasteiger partial charge in [-0.3, -0.25) is 4.79 Å². The van der Waals surface area contributed by atoms with Crippen LogP contribution in [0, 0.1) is 0 Å². The van der Waals surface area contributed by atoms with Crippen LogP contribution < -0.4 is 10.6 Å². The summed E-state index contributed by atoms with van der Waals surface area (Å²) in [7, 11) is 0. The Kier molecular flexibility index (Phi) is 6.01. The predicted octanol–water partition coefficient (Wildman–Crippen LogP) is 3.40. The molecule has 0 fully saturated rings. The molecule has 106 valence electrons. The minimum absolute atomic E-state index is 0.0373. The van der Waals surface area contributed by atoms with Gasteiger partial charge >= 0.3 is 0 Å². The number of hydrogen-bond acceptors (Lipinski definition) is 2. The van der Waals surface area contributed by atoms with Crippen LogP contribution in [-0.4, -0.2) is 18.0 Å². The molecule has 0 heterocycles. The smallest absolute Gasteiger partial charge is 0.221 e. The van der Waals surface area contributed by atoms with E-state index in [4.69, 9.17) is 0 Å². The summed E-state index contributed by atoms with van der Waals surface area (Å²) in [6, 6.07) is 8.04. The van der Waals surface area contributed by atoms with Crippen molar-refractivity contribution in [3.63, 3.8) is 0 Å². The highest BCUT2D eigenvalue weighted by Crippen LogP contribution is 2.16. The second-order valence-electron chi connectivity index (χ2n) is 5.77. The van der Waals surface area contributed by atoms with Crippen LogP contribution in [0.1, 0.15) is 45.7 Å². The average Bonchev–Trinajstić information content (AvgIpc) is 2.27. The molecule has 1 aromatic carbocycles. The zero-order valence-corrected chi connectivity index (χ0v) is 13.7. The Morgan fingerprint density at radius 2 is 1.84 bits per heavy atom. The first-order chi connectivity index (χ1) is 8.78. The number of amides is 1. The fraction of sp³-hybridized carbons (Fsp3) is 0.533. The minimum atomic E-state index is 0.0373. The van der Waals surface area contributed by atoms with E-state index in [0.29, 0.717) is 13.0 Å². The van der Waals surface area contributed by atoms with Crippen molar-refractivity contribution < 1.29 is 4.79 Å². The van der Waals surface area contributed by atoms with Crippen molar-refractivity contribution in [1.29, 1.82) is 0 Å². The lowest BCUT2D eigenvalue weighted by molar-refractivity contribution is -0.121. The number of carbonyl (C=O) groups is 1. The number of rotatable bonds is 5. The molecule has 0 spiro atoms. The van der Waals surface area contributed by atoms with Gasteiger partial charge in [-0.25, -0.2) is 0 Å². The quantitative estimate of drug-likeness (QED) is 0.870. The van der Waals surface area contributed by atoms with Gasteiger partial charge in [0.1, 0.15) is 0 Å². The molecule has 0 saturated heterocycles. The van der Waals surface area contributed by atoms with Gasteiger partial charge in [0.25, 0.3) is 0 Å². The van der Waals surface area contributed by atoms with E-state index in [1.807, 2.05) is 31.2 Å². The van der Waals surface area contributed by atoms with Crippen LogP contribution in [0.3, 0.4) is 0 Å². The summed E-state index contributed by atoms with van der Waals surface area (Å²) in [6.45, 7) is 8.97. The molecule has 0 radical (unpaired) electrons. The van der Waals surface area contributed by atoms with Gasteiger partial charge in [-0.1, -0.05) is 28.1 Å². The lowest BCUT2D eigenvalue weighted by Gasteiger charge is -2.21. The standard InChI is InChI=1S/C15H23BrN2O/c1-11(12-5-7-13(16)8-6-12)18-14(19)9-10-17-15(2,3)4/h5-8,11,17H,9-10H2,1-4H3,(H,18,19). The third-order valence-corrected chi connectivity index (χ3v) is 3.28. The number of hydrogen-bond donors (Lipinski definition) is 2. The van der Waals surface area contributed by atoms with Gasteiger partial charge in [-0.05, 0) is 45.4 Å². The summed E-state index contributed by atoms with van der Waals surface area (Å²) < 4.78 is 1.05. The van der Waals surface area contributed by atoms with Gasteiger partial charge in [0.05, 0.1) is 6.04 Å². The maximum atomic E-state index is 11.8. The Bertz CT molecular complexity index is 409. The molecule has 0 saturated carbocycles. The topological polar surface area (TPSA) is 41.1 Å². The summed E-state index contributed by atoms with van der Waals surface area (Å²) in [5.74, 6) is 0.0761. The van der Waals surface area contributed by atoms with E-state index in [9.17, 15) is 4.79 Å². The number of benzene rings is 1. The van der Waals surface area contributed by atoms with Crippen LogP contribution >= 0.6 is 15.9 Å². The minimum Gasteiger partial charge on any atom is -0.350 e. The van der Waals surface area contributed by atoms with E-state index in [2.05, 4.69) is 47.3 Å². The van der Waals surface area contributed by atoms with Crippen molar-refractivity contribution in [2.24, 2.45) is 0 Å². The monoisotopic (exact) mass is 326 g/mol. The normalized spacial score (nSPS) is 13.1. The third-order valence-electron chi connectivity index (χ3n) is 2.75. The Morgan fingerprint density at radius 1 is 1.26 bits per heavy atom. The zero-order valence-electron chi connectivity index (χ0n) is 12.1. The second kappa shape index (κ2) is 7.06. The lowest BCUT2D eigenvalue weighted by Crippen LogP contribution is -2.38. The van der Waals surface area contributed by atoms with Crippen LogP contribution in [-0.2, 0) is 4.79 Å². The highest BCUT2D eigenvalue weighted by Gasteiger charge is 2.12. The summed E-state index contributed by atoms with van der Waals surface area (Å²) in [5, 5.41) is 6.31. The summed E-state index contributed by atoms with van der Waals surface area (Å²) in [5.41, 5.74) is 1.16. The van der Waals surface area contributed by atoms with Gasteiger partial charge in [-0.2, -0.15) is 0 Å². The van der Waals surface area contributed by atoms with Crippen LogP contribution in [0.4, 0.5) is 0 Å². The molecule has 19 heavy (non-hydrogen) atoms. The first-order valence-electron chi connectivity index (χ1n) is 6.58. The summed E-state index contributed by atoms with van der Waals surface area (Å²) in [6.07, 6.45) is 0.498. The molecule has 1 unspecified atom stereocenters. The maximum Gasteiger partial charge on any atom is 0.221 e. The molecule has 0 aliphatic heterocycles. The van der Waals surface area contributed by atoms with Crippen molar-refractivity contribution in [2.45, 2.75) is 45.7 Å². The molecule has 0 aromatic heterocycles. The zero-order chi connectivity index (χ0) is 14.5. The molecule has 3 nitrogen and oxygen atoms in total. The second-order valence-corrected chi connectivity index (χ2v) is 6.68. The molecule has 0 bridgehead atoms. The summed E-state index contributed by atoms with van der Waals surface area (Å²) >= 11 is 3.40. The SMILES string of the molecule is CC(NC(=O)CCNC(C)(C)C)c1ccc(Br)cc1. The van der Waals surface area contributed by atoms with Crippen molar-refractivity contribution in [3.05, 3.63) is 34.3 Å². The number of nitrogens with one attached hydrogen (secondary N) is 2. The lowest BCUT2D eigenvalue weighted by atomic mass is 10.1. The molecule has 1 atom stereocenters. The van der Waals surface area contributed by atoms with E-state index >= 15 is 0 Å². The Hall–Kier alpha value is -0.870. The van der Waals surface area contributed by atoms with Crippen molar-refractivity contribution in [3.8, 4) is 0 Å². The molecule has 0 aliphatic rings. The number of carbonyl (C=O) groups excluding carboxylic acids is 1. The average molecular weight is 327 g/mol. The predicted molar refractivity (Wildman–Crippen MR) is 83.1 cm³/mol. The fourth-order valence-electron chi connectivity index (χ4n) is 1.70. The van der Waals surface area contributed by atoms with Gasteiger partial charge in [0, 0.05) is 23.0 Å². The Balaban J connectivity index is 2.38. The van der Waals surface area contributed by atoms with Crippen LogP contribution in [0.15, 0.2) is 28.7 Å². The van der Waals surface area contributed by atoms with Gasteiger partial charge < -0.3 is 10.6 Å². The Labute approximate surface area is 124 Å². The van der Waals surface area contributed by atoms with Crippen molar-refractivity contribution >= 4 is 21.8 Å². The van der Waals surface area contributed by atoms with Crippen LogP contribution in [0.5, 0.6) is 0 Å². The summed E-state index contributed by atoms with van der Waals surface area (Å²) in [4.78, 5) is 11.8. The van der Waals surface area contributed by atoms with E-state index in [1.165, 1.54) is 0 Å². The van der Waals surface area contributed by atoms with Crippen LogP contribution in [0.25, 0.3) is 0 Å². The molecule has 2 N–H and O–H groups in total.